The molecule has 1 aliphatic rings. The summed E-state index contributed by atoms with van der Waals surface area (Å²) in [6, 6.07) is -0.929. The summed E-state index contributed by atoms with van der Waals surface area (Å²) in [5, 5.41) is 45.5. The van der Waals surface area contributed by atoms with Crippen molar-refractivity contribution in [2.75, 3.05) is 6.61 Å². The Balaban J connectivity index is 2.70. The summed E-state index contributed by atoms with van der Waals surface area (Å²) in [5.74, 6) is 0. The Hall–Kier alpha value is -0.280. The highest BCUT2D eigenvalue weighted by Crippen LogP contribution is 2.21. The van der Waals surface area contributed by atoms with Gasteiger partial charge < -0.3 is 36.0 Å². The van der Waals surface area contributed by atoms with Crippen molar-refractivity contribution >= 4 is 0 Å². The van der Waals surface area contributed by atoms with Gasteiger partial charge in [0.05, 0.1) is 12.6 Å². The second kappa shape index (κ2) is 4.49. The molecule has 7 nitrogen and oxygen atoms in total. The fourth-order valence-electron chi connectivity index (χ4n) is 1.35. The Morgan fingerprint density at radius 2 is 1.64 bits per heavy atom. The Morgan fingerprint density at radius 3 is 2.14 bits per heavy atom. The Kier molecular flexibility index (Phi) is 3.78. The van der Waals surface area contributed by atoms with E-state index in [0.29, 0.717) is 0 Å². The van der Waals surface area contributed by atoms with Gasteiger partial charge in [-0.05, 0) is 0 Å². The van der Waals surface area contributed by atoms with E-state index in [1.807, 2.05) is 0 Å². The third-order valence-electron chi connectivity index (χ3n) is 2.26. The zero-order chi connectivity index (χ0) is 10.9. The lowest BCUT2D eigenvalue weighted by Gasteiger charge is -2.40. The highest BCUT2D eigenvalue weighted by atomic mass is 16.6. The molecular formula is C7H15NO6. The van der Waals surface area contributed by atoms with Crippen molar-refractivity contribution in [3.05, 3.63) is 0 Å². The molecule has 0 aromatic rings. The molecule has 0 amide bonds. The molecule has 0 aromatic heterocycles. The quantitative estimate of drug-likeness (QED) is 0.273. The molecule has 4 unspecified atom stereocenters. The van der Waals surface area contributed by atoms with E-state index < -0.39 is 43.4 Å². The minimum atomic E-state index is -1.61. The van der Waals surface area contributed by atoms with Gasteiger partial charge in [0.25, 0.3) is 0 Å². The number of hydrogen-bond acceptors (Lipinski definition) is 7. The monoisotopic (exact) mass is 209 g/mol. The summed E-state index contributed by atoms with van der Waals surface area (Å²) in [6.45, 7) is -0.461. The van der Waals surface area contributed by atoms with Crippen LogP contribution >= 0.6 is 0 Å². The van der Waals surface area contributed by atoms with Gasteiger partial charge in [-0.3, -0.25) is 0 Å². The molecule has 0 spiro atoms. The number of aliphatic hydroxyl groups is 5. The van der Waals surface area contributed by atoms with Crippen LogP contribution in [0.2, 0.25) is 0 Å². The molecule has 1 saturated heterocycles. The topological polar surface area (TPSA) is 136 Å². The fraction of sp³-hybridized carbons (Fsp3) is 1.00. The summed E-state index contributed by atoms with van der Waals surface area (Å²) >= 11 is 0. The van der Waals surface area contributed by atoms with Gasteiger partial charge in [0.15, 0.2) is 6.29 Å². The number of hydrogen-bond donors (Lipinski definition) is 6. The van der Waals surface area contributed by atoms with Crippen molar-refractivity contribution in [1.82, 2.24) is 0 Å². The molecule has 1 fully saturated rings. The van der Waals surface area contributed by atoms with Crippen molar-refractivity contribution in [3.8, 4) is 0 Å². The lowest BCUT2D eigenvalue weighted by atomic mass is 9.95. The third-order valence-corrected chi connectivity index (χ3v) is 2.26. The van der Waals surface area contributed by atoms with Gasteiger partial charge in [0, 0.05) is 0 Å². The van der Waals surface area contributed by atoms with Crippen molar-refractivity contribution in [3.63, 3.8) is 0 Å². The number of nitrogens with two attached hydrogens (primary N) is 1. The summed E-state index contributed by atoms with van der Waals surface area (Å²) in [6.07, 6.45) is -7.27. The molecule has 6 atom stereocenters. The van der Waals surface area contributed by atoms with Gasteiger partial charge in [0.2, 0.25) is 0 Å². The van der Waals surface area contributed by atoms with E-state index in [9.17, 15) is 10.2 Å². The predicted molar refractivity (Wildman–Crippen MR) is 44.0 cm³/mol. The third kappa shape index (κ3) is 2.04. The van der Waals surface area contributed by atoms with Gasteiger partial charge in [-0.2, -0.15) is 0 Å². The van der Waals surface area contributed by atoms with Gasteiger partial charge in [-0.25, -0.2) is 0 Å². The first-order valence-corrected chi connectivity index (χ1v) is 4.23. The van der Waals surface area contributed by atoms with Crippen molar-refractivity contribution < 1.29 is 30.3 Å². The highest BCUT2D eigenvalue weighted by molar-refractivity contribution is 4.92. The zero-order valence-electron chi connectivity index (χ0n) is 7.39. The van der Waals surface area contributed by atoms with Gasteiger partial charge in [0.1, 0.15) is 24.4 Å². The van der Waals surface area contributed by atoms with E-state index in [1.165, 1.54) is 0 Å². The molecule has 1 heterocycles. The lowest BCUT2D eigenvalue weighted by Crippen LogP contribution is -2.62. The summed E-state index contributed by atoms with van der Waals surface area (Å²) in [7, 11) is 0. The average Bonchev–Trinajstić information content (AvgIpc) is 2.19. The van der Waals surface area contributed by atoms with E-state index in [4.69, 9.17) is 25.8 Å². The summed E-state index contributed by atoms with van der Waals surface area (Å²) in [5.41, 5.74) is 5.37. The molecule has 0 saturated carbocycles. The summed E-state index contributed by atoms with van der Waals surface area (Å²) < 4.78 is 4.74. The van der Waals surface area contributed by atoms with Gasteiger partial charge >= 0.3 is 0 Å². The standard InChI is InChI=1S/C7H15NO6/c8-2(1-9)6-4(11)3(10)5(12)7(13)14-6/h2-7,9-13H,1,8H2/t2?,3-,4+,5?,6?,7?/m0/s1. The highest BCUT2D eigenvalue weighted by Gasteiger charge is 2.44. The van der Waals surface area contributed by atoms with Crippen LogP contribution in [0.5, 0.6) is 0 Å². The van der Waals surface area contributed by atoms with E-state index in [1.54, 1.807) is 0 Å². The van der Waals surface area contributed by atoms with Crippen LogP contribution in [0.3, 0.4) is 0 Å². The minimum absolute atomic E-state index is 0.461. The number of aliphatic hydroxyl groups excluding tert-OH is 5. The van der Waals surface area contributed by atoms with Gasteiger partial charge in [-0.15, -0.1) is 0 Å². The maximum atomic E-state index is 9.39. The normalized spacial score (nSPS) is 46.3. The Labute approximate surface area is 80.3 Å². The molecule has 7 N–H and O–H groups in total. The second-order valence-corrected chi connectivity index (χ2v) is 3.31. The van der Waals surface area contributed by atoms with E-state index >= 15 is 0 Å². The van der Waals surface area contributed by atoms with Crippen LogP contribution in [0.1, 0.15) is 0 Å². The van der Waals surface area contributed by atoms with Crippen LogP contribution in [0, 0.1) is 0 Å². The number of rotatable bonds is 2. The molecule has 7 heteroatoms. The minimum Gasteiger partial charge on any atom is -0.395 e. The van der Waals surface area contributed by atoms with E-state index in [2.05, 4.69) is 0 Å². The van der Waals surface area contributed by atoms with E-state index in [0.717, 1.165) is 0 Å². The van der Waals surface area contributed by atoms with Crippen molar-refractivity contribution in [2.24, 2.45) is 5.73 Å². The molecule has 0 bridgehead atoms. The van der Waals surface area contributed by atoms with Crippen LogP contribution in [-0.2, 0) is 4.74 Å². The largest absolute Gasteiger partial charge is 0.395 e. The lowest BCUT2D eigenvalue weighted by molar-refractivity contribution is -0.286. The molecule has 0 aromatic carbocycles. The molecule has 84 valence electrons. The van der Waals surface area contributed by atoms with Crippen molar-refractivity contribution in [2.45, 2.75) is 36.7 Å². The fourth-order valence-corrected chi connectivity index (χ4v) is 1.35. The van der Waals surface area contributed by atoms with Crippen LogP contribution in [0.15, 0.2) is 0 Å². The first kappa shape index (κ1) is 11.8. The predicted octanol–water partition coefficient (Wildman–Crippen LogP) is -3.89. The molecule has 1 rings (SSSR count). The van der Waals surface area contributed by atoms with Crippen LogP contribution in [0.4, 0.5) is 0 Å². The first-order chi connectivity index (χ1) is 6.49. The smallest absolute Gasteiger partial charge is 0.184 e. The molecular weight excluding hydrogens is 194 g/mol. The first-order valence-electron chi connectivity index (χ1n) is 4.23. The molecule has 1 aliphatic heterocycles. The maximum Gasteiger partial charge on any atom is 0.184 e. The van der Waals surface area contributed by atoms with Crippen LogP contribution in [0.25, 0.3) is 0 Å². The average molecular weight is 209 g/mol. The zero-order valence-corrected chi connectivity index (χ0v) is 7.39. The Bertz CT molecular complexity index is 191. The number of ether oxygens (including phenoxy) is 1. The molecule has 0 aliphatic carbocycles. The molecule has 0 radical (unpaired) electrons. The van der Waals surface area contributed by atoms with Crippen LogP contribution < -0.4 is 5.73 Å². The second-order valence-electron chi connectivity index (χ2n) is 3.31. The maximum absolute atomic E-state index is 9.39. The molecule has 14 heavy (non-hydrogen) atoms. The Morgan fingerprint density at radius 1 is 1.07 bits per heavy atom. The van der Waals surface area contributed by atoms with Crippen LogP contribution in [-0.4, -0.2) is 68.9 Å². The SMILES string of the molecule is NC(CO)C1OC(O)C(O)[C@@H](O)[C@H]1O. The van der Waals surface area contributed by atoms with Crippen molar-refractivity contribution in [1.29, 1.82) is 0 Å². The summed E-state index contributed by atoms with van der Waals surface area (Å²) in [4.78, 5) is 0. The van der Waals surface area contributed by atoms with E-state index in [-0.39, 0.29) is 0 Å². The van der Waals surface area contributed by atoms with Gasteiger partial charge in [-0.1, -0.05) is 0 Å².